The minimum Gasteiger partial charge on any atom is -0.339 e. The molecule has 2 aromatic rings. The quantitative estimate of drug-likeness (QED) is 0.628. The van der Waals surface area contributed by atoms with Crippen LogP contribution in [0.5, 0.6) is 0 Å². The molecule has 14 radical (unpaired) electrons. The van der Waals surface area contributed by atoms with E-state index in [1.165, 1.54) is 23.2 Å². The minimum absolute atomic E-state index is 0.0432. The SMILES string of the molecule is [B]C([B])([B])c1ccc(CNC([B])([B])C2(F)CCN(C(=O)c3ccc(F)c(Cl)c3)CC2([B])[B])nc1. The summed E-state index contributed by atoms with van der Waals surface area (Å²) in [5, 5.41) is -3.41. The third kappa shape index (κ3) is 5.30. The molecule has 1 amide bonds. The van der Waals surface area contributed by atoms with Crippen molar-refractivity contribution in [1.29, 1.82) is 0 Å². The molecule has 0 bridgehead atoms. The summed E-state index contributed by atoms with van der Waals surface area (Å²) in [5.74, 6) is -1.22. The average molecular weight is 462 g/mol. The van der Waals surface area contributed by atoms with Crippen LogP contribution in [-0.2, 0) is 11.7 Å². The molecule has 1 saturated heterocycles. The molecular formula is C20H15B7ClF2N3O. The van der Waals surface area contributed by atoms with Gasteiger partial charge in [-0.15, -0.1) is 5.11 Å². The molecule has 1 atom stereocenters. The third-order valence-electron chi connectivity index (χ3n) is 5.91. The Morgan fingerprint density at radius 2 is 1.85 bits per heavy atom. The smallest absolute Gasteiger partial charge is 0.253 e. The lowest BCUT2D eigenvalue weighted by molar-refractivity contribution is 0.0183. The second kappa shape index (κ2) is 9.46. The number of hydrogen-bond acceptors (Lipinski definition) is 3. The zero-order chi connectivity index (χ0) is 25.5. The summed E-state index contributed by atoms with van der Waals surface area (Å²) in [6, 6.07) is 6.62. The van der Waals surface area contributed by atoms with Crippen LogP contribution >= 0.6 is 11.6 Å². The Balaban J connectivity index is 1.72. The van der Waals surface area contributed by atoms with Gasteiger partial charge in [0.1, 0.15) is 11.5 Å². The number of pyridine rings is 1. The largest absolute Gasteiger partial charge is 0.339 e. The number of carbonyl (C=O) groups excluding carboxylic acids is 1. The first-order valence-corrected chi connectivity index (χ1v) is 10.6. The van der Waals surface area contributed by atoms with E-state index in [0.29, 0.717) is 11.3 Å². The van der Waals surface area contributed by atoms with Gasteiger partial charge < -0.3 is 10.2 Å². The van der Waals surface area contributed by atoms with E-state index in [0.717, 1.165) is 6.07 Å². The molecule has 1 aliphatic rings. The van der Waals surface area contributed by atoms with E-state index >= 15 is 4.39 Å². The van der Waals surface area contributed by atoms with Crippen molar-refractivity contribution in [2.24, 2.45) is 0 Å². The number of likely N-dealkylation sites (tertiary alicyclic amines) is 1. The molecule has 2 heterocycles. The van der Waals surface area contributed by atoms with Crippen molar-refractivity contribution in [2.45, 2.75) is 34.3 Å². The number of benzene rings is 1. The van der Waals surface area contributed by atoms with Crippen molar-refractivity contribution in [3.8, 4) is 0 Å². The maximum Gasteiger partial charge on any atom is 0.253 e. The topological polar surface area (TPSA) is 45.2 Å². The lowest BCUT2D eigenvalue weighted by Gasteiger charge is -2.57. The zero-order valence-corrected chi connectivity index (χ0v) is 19.0. The third-order valence-corrected chi connectivity index (χ3v) is 6.20. The Kier molecular flexibility index (Phi) is 7.51. The van der Waals surface area contributed by atoms with E-state index in [9.17, 15) is 9.18 Å². The van der Waals surface area contributed by atoms with Crippen molar-refractivity contribution in [1.82, 2.24) is 15.2 Å². The Hall–Kier alpha value is -1.60. The van der Waals surface area contributed by atoms with Crippen LogP contribution in [0.1, 0.15) is 28.0 Å². The fourth-order valence-corrected chi connectivity index (χ4v) is 3.96. The molecule has 1 N–H and O–H groups in total. The molecule has 0 aliphatic carbocycles. The van der Waals surface area contributed by atoms with Gasteiger partial charge in [0, 0.05) is 31.4 Å². The van der Waals surface area contributed by atoms with Crippen molar-refractivity contribution in [3.05, 3.63) is 64.2 Å². The maximum absolute atomic E-state index is 16.2. The molecule has 4 nitrogen and oxygen atoms in total. The summed E-state index contributed by atoms with van der Waals surface area (Å²) >= 11 is 5.75. The highest BCUT2D eigenvalue weighted by molar-refractivity contribution is 6.58. The average Bonchev–Trinajstić information content (AvgIpc) is 2.75. The first kappa shape index (κ1) is 27.0. The summed E-state index contributed by atoms with van der Waals surface area (Å²) in [6.45, 7) is -0.553. The van der Waals surface area contributed by atoms with E-state index in [1.54, 1.807) is 12.1 Å². The Labute approximate surface area is 212 Å². The first-order valence-electron chi connectivity index (χ1n) is 10.2. The minimum atomic E-state index is -2.53. The van der Waals surface area contributed by atoms with Gasteiger partial charge in [-0.05, 0) is 46.8 Å². The van der Waals surface area contributed by atoms with Crippen LogP contribution in [-0.4, -0.2) is 94.8 Å². The van der Waals surface area contributed by atoms with E-state index in [-0.39, 0.29) is 30.1 Å². The number of halogens is 3. The second-order valence-corrected chi connectivity index (χ2v) is 9.05. The summed E-state index contributed by atoms with van der Waals surface area (Å²) in [5.41, 5.74) is -1.60. The predicted molar refractivity (Wildman–Crippen MR) is 134 cm³/mol. The monoisotopic (exact) mass is 463 g/mol. The Morgan fingerprint density at radius 1 is 1.18 bits per heavy atom. The van der Waals surface area contributed by atoms with Crippen molar-refractivity contribution in [2.75, 3.05) is 13.1 Å². The molecule has 3 rings (SSSR count). The van der Waals surface area contributed by atoms with Gasteiger partial charge in [0.25, 0.3) is 5.91 Å². The molecule has 158 valence electrons. The van der Waals surface area contributed by atoms with E-state index in [1.807, 2.05) is 0 Å². The summed E-state index contributed by atoms with van der Waals surface area (Å²) in [7, 11) is 41.2. The fourth-order valence-electron chi connectivity index (χ4n) is 3.78. The fraction of sp³-hybridized carbons (Fsp3) is 0.400. The lowest BCUT2D eigenvalue weighted by atomic mass is 9.35. The van der Waals surface area contributed by atoms with Crippen molar-refractivity contribution in [3.63, 3.8) is 0 Å². The van der Waals surface area contributed by atoms with E-state index < -0.39 is 39.6 Å². The first-order chi connectivity index (χ1) is 15.6. The molecule has 14 heteroatoms. The van der Waals surface area contributed by atoms with Gasteiger partial charge in [0.2, 0.25) is 0 Å². The number of alkyl halides is 1. The number of amides is 1. The molecule has 0 saturated carbocycles. The van der Waals surface area contributed by atoms with Crippen molar-refractivity contribution >= 4 is 72.4 Å². The number of aromatic nitrogens is 1. The molecule has 34 heavy (non-hydrogen) atoms. The molecule has 0 spiro atoms. The molecular weight excluding hydrogens is 447 g/mol. The Morgan fingerprint density at radius 3 is 2.38 bits per heavy atom. The standard InChI is InChI=1S/C20H15B7ClF2N3O/c21-18(22)10-33(16(34)11-1-4-15(29)14(28)7-11)6-5-17(18,30)20(26,27)32-9-13-3-2-12(8-31-13)19(23,24)25/h1-4,7-8,32H,5-6,9-10H2. The van der Waals surface area contributed by atoms with Gasteiger partial charge in [0.05, 0.1) is 65.6 Å². The van der Waals surface area contributed by atoms with Gasteiger partial charge in [-0.2, -0.15) is 0 Å². The molecule has 1 aromatic carbocycles. The van der Waals surface area contributed by atoms with Crippen LogP contribution in [0.3, 0.4) is 0 Å². The van der Waals surface area contributed by atoms with Gasteiger partial charge >= 0.3 is 0 Å². The normalized spacial score (nSPS) is 20.7. The van der Waals surface area contributed by atoms with Gasteiger partial charge in [-0.1, -0.05) is 17.7 Å². The van der Waals surface area contributed by atoms with Crippen LogP contribution < -0.4 is 5.32 Å². The molecule has 1 aromatic heterocycles. The molecule has 1 aliphatic heterocycles. The highest BCUT2D eigenvalue weighted by Crippen LogP contribution is 2.48. The zero-order valence-electron chi connectivity index (χ0n) is 18.3. The predicted octanol–water partition coefficient (Wildman–Crippen LogP) is 0.278. The summed E-state index contributed by atoms with van der Waals surface area (Å²) in [6.07, 6.45) is 1.00. The lowest BCUT2D eigenvalue weighted by Crippen LogP contribution is -2.71. The highest BCUT2D eigenvalue weighted by atomic mass is 35.5. The van der Waals surface area contributed by atoms with Crippen LogP contribution in [0.2, 0.25) is 10.2 Å². The van der Waals surface area contributed by atoms with Gasteiger partial charge in [0.15, 0.2) is 0 Å². The highest BCUT2D eigenvalue weighted by Gasteiger charge is 2.56. The van der Waals surface area contributed by atoms with Crippen molar-refractivity contribution < 1.29 is 13.6 Å². The van der Waals surface area contributed by atoms with E-state index in [2.05, 4.69) is 10.3 Å². The van der Waals surface area contributed by atoms with Crippen LogP contribution in [0.25, 0.3) is 0 Å². The molecule has 1 fully saturated rings. The second-order valence-electron chi connectivity index (χ2n) is 8.64. The Bertz CT molecular complexity index is 1070. The van der Waals surface area contributed by atoms with Crippen LogP contribution in [0, 0.1) is 5.82 Å². The number of hydrogen-bond donors (Lipinski definition) is 1. The number of piperidine rings is 1. The number of rotatable bonds is 6. The maximum atomic E-state index is 16.2. The van der Waals surface area contributed by atoms with E-state index in [4.69, 9.17) is 66.5 Å². The van der Waals surface area contributed by atoms with Gasteiger partial charge in [-0.25, -0.2) is 8.78 Å². The molecule has 1 unspecified atom stereocenters. The number of carbonyl (C=O) groups is 1. The van der Waals surface area contributed by atoms with Crippen LogP contribution in [0.4, 0.5) is 8.78 Å². The summed E-state index contributed by atoms with van der Waals surface area (Å²) in [4.78, 5) is 18.2. The number of nitrogens with zero attached hydrogens (tertiary/aromatic N) is 2. The van der Waals surface area contributed by atoms with Crippen LogP contribution in [0.15, 0.2) is 36.5 Å². The van der Waals surface area contributed by atoms with Gasteiger partial charge in [-0.3, -0.25) is 9.78 Å². The summed E-state index contributed by atoms with van der Waals surface area (Å²) < 4.78 is 29.6. The number of nitrogens with one attached hydrogen (secondary N) is 1.